The maximum Gasteiger partial charge on any atom is 1.00 e. The van der Waals surface area contributed by atoms with Gasteiger partial charge in [-0.3, -0.25) is 65.1 Å². The van der Waals surface area contributed by atoms with E-state index in [1.807, 2.05) is 0 Å². The number of thioether (sulfide) groups is 1. The molecule has 0 spiro atoms. The Morgan fingerprint density at radius 2 is 0.758 bits per heavy atom. The van der Waals surface area contributed by atoms with Crippen molar-refractivity contribution in [3.05, 3.63) is 59.4 Å². The molecule has 1 aromatic carbocycles. The van der Waals surface area contributed by atoms with Crippen LogP contribution in [0.25, 0.3) is 0 Å². The van der Waals surface area contributed by atoms with Crippen LogP contribution in [-0.2, 0) is 79.5 Å². The number of aliphatic hydroxyl groups is 5. The van der Waals surface area contributed by atoms with Gasteiger partial charge >= 0.3 is 213 Å². The topological polar surface area (TPSA) is 1140 Å². The van der Waals surface area contributed by atoms with E-state index in [0.717, 1.165) is 31.9 Å². The number of rotatable bonds is 32. The minimum atomic E-state index is -5.66. The largest absolute Gasteiger partial charge is 1.00 e. The zero-order chi connectivity index (χ0) is 94.3. The van der Waals surface area contributed by atoms with Crippen LogP contribution in [0.1, 0.15) is 96.0 Å². The fourth-order valence-electron chi connectivity index (χ4n) is 7.07. The Balaban J connectivity index is -0.000000168. The van der Waals surface area contributed by atoms with Gasteiger partial charge < -0.3 is 218 Å². The van der Waals surface area contributed by atoms with Crippen LogP contribution in [0.3, 0.4) is 0 Å². The molecule has 1 fully saturated rings. The van der Waals surface area contributed by atoms with E-state index in [1.165, 1.54) is 42.6 Å². The molecule has 1 heterocycles. The van der Waals surface area contributed by atoms with Gasteiger partial charge in [-0.05, 0) is 107 Å². The van der Waals surface area contributed by atoms with Crippen LogP contribution in [-0.4, -0.2) is 233 Å². The molecule has 40 N–H and O–H groups in total. The number of aromatic nitrogens is 1. The first-order valence-corrected chi connectivity index (χ1v) is 57.5. The van der Waals surface area contributed by atoms with Crippen molar-refractivity contribution < 1.29 is 373 Å². The standard InChI is InChI=1S/C8H19NO6P2.C7H9ClO6P2S.C7H11NO7P2.C6H17NO7P2.C4H13NO7P2.C3H11NO7P2.C2H8O7P2.CH4Cl2O6P2.4Na/c10-16(11,12)8(17(13,14)15)9-7-5-3-1-2-4-6-7;8-5-1-3-6(4-2-5)17-7(15(9,10)11)16(12,13)14;9-7(16(10,11)12,17(13,14)15)4-6-2-1-3-8-5-6;7-5-3-1-2-4-6(8,15(9,10)11)16(12,13)14;5-3-1-2-4(6,13(7,8)9)14(10,11)12;4-2-1-3(5,12(6,7)8)13(9,10)11;1-2(3,10(4,5)6)11(7,8)9;2-1(3,10(4,5)6)11(7,8)9;;;;/h7-9H,1-6H2,(H2,10,11,12)(H2,13,14,15);1-4,7H,(H2,9,10,11)(H2,12,13,14);1-3,5,9H,4H2,(H2,10,11,12)(H2,13,14,15);8H,1-5,7H2,(H2,9,10,11)(H2,12,13,14);6H,1-3,5H2,(H2,7,8,9)(H2,10,11,12);5H,1-2,4H2,(H2,6,7,8)(H2,9,10,11);3H,1H3,(H2,4,5,6)(H2,7,8,9);(H2,4,5,6)(H2,7,8,9);;;;/q;;;;;;;;4*+1/p-4. The van der Waals surface area contributed by atoms with E-state index in [1.54, 1.807) is 0 Å². The number of nitrogens with zero attached hydrogens (tertiary/aromatic N) is 1. The van der Waals surface area contributed by atoms with E-state index in [4.69, 9.17) is 199 Å². The van der Waals surface area contributed by atoms with Gasteiger partial charge in [0.25, 0.3) is 10.2 Å². The van der Waals surface area contributed by atoms with Gasteiger partial charge in [0.2, 0.25) is 20.0 Å². The van der Waals surface area contributed by atoms with Gasteiger partial charge in [-0.15, -0.1) is 0 Å². The summed E-state index contributed by atoms with van der Waals surface area (Å²) in [5, 5.41) is 31.6. The van der Waals surface area contributed by atoms with Crippen molar-refractivity contribution in [2.24, 2.45) is 17.2 Å². The van der Waals surface area contributed by atoms with Crippen molar-refractivity contribution in [3.8, 4) is 0 Å². The molecule has 82 heteroatoms. The summed E-state index contributed by atoms with van der Waals surface area (Å²) in [6.45, 7) is 0.214. The van der Waals surface area contributed by atoms with Gasteiger partial charge in [-0.2, -0.15) is 0 Å². The summed E-state index contributed by atoms with van der Waals surface area (Å²) >= 11 is 15.5. The zero-order valence-corrected chi connectivity index (χ0v) is 87.6. The molecule has 1 aliphatic rings. The monoisotopic (exact) mass is 2190 g/mol. The fourth-order valence-corrected chi connectivity index (χ4v) is 24.9. The van der Waals surface area contributed by atoms with Crippen LogP contribution >= 0.6 is 168 Å². The Hall–Kier alpha value is 5.63. The van der Waals surface area contributed by atoms with Crippen molar-refractivity contribution in [1.29, 1.82) is 0 Å². The molecular formula is C38H88Cl3N5Na4O53P16S. The molecule has 8 atom stereocenters. The second-order valence-electron chi connectivity index (χ2n) is 23.1. The first-order valence-electron chi connectivity index (χ1n) is 29.6. The molecule has 1 aromatic heterocycles. The van der Waals surface area contributed by atoms with Crippen LogP contribution in [0.5, 0.6) is 0 Å². The zero-order valence-electron chi connectivity index (χ0n) is 62.2. The maximum atomic E-state index is 11.0. The van der Waals surface area contributed by atoms with Gasteiger partial charge in [0.15, 0.2) is 35.9 Å². The van der Waals surface area contributed by atoms with E-state index >= 15 is 0 Å². The number of nitrogens with two attached hydrogens (primary N) is 3. The molecular weight excluding hydrogens is 2100 g/mol. The number of nitrogens with one attached hydrogen (secondary N) is 1. The number of unbranched alkanes of at least 4 members (excludes halogenated alkanes) is 2. The SMILES string of the molecule is CC(O)(P(=O)(O)O)P(=O)(O)O.NCCC(O)(P(=O)(O)O)P(=O)(O)O.NCCCC(O)(P(=O)([O-])O)P(=O)(O)O.NCCCCCC(O)(P(=O)([O-])O)P(=O)(O)O.O=P(O)(O)C(Cl)(Cl)P(=O)(O)O.O=P(O)(O)C(Sc1ccc(Cl)cc1)P(=O)(O)O.O=P([O-])(O)C(NC1CCCCCC1)P(=O)(O)O.O=P([O-])(O)C(O)(Cc1cccnc1)P(=O)(O)O.[Na+].[Na+].[Na+].[Na+]. The predicted octanol–water partition coefficient (Wildman–Crippen LogP) is -15.9. The van der Waals surface area contributed by atoms with Crippen molar-refractivity contribution in [1.82, 2.24) is 10.3 Å². The van der Waals surface area contributed by atoms with Crippen LogP contribution in [0.4, 0.5) is 0 Å². The number of benzene rings is 1. The third-order valence-corrected chi connectivity index (χ3v) is 47.7. The van der Waals surface area contributed by atoms with Gasteiger partial charge in [0.05, 0.1) is 0 Å². The van der Waals surface area contributed by atoms with Gasteiger partial charge in [-0.25, -0.2) is 0 Å². The molecule has 0 amide bonds. The predicted molar refractivity (Wildman–Crippen MR) is 396 cm³/mol. The molecule has 694 valence electrons. The van der Waals surface area contributed by atoms with E-state index < -0.39 is 193 Å². The summed E-state index contributed by atoms with van der Waals surface area (Å²) in [7, 11) is -84.3. The molecule has 1 saturated carbocycles. The average molecular weight is 2190 g/mol. The average Bonchev–Trinajstić information content (AvgIpc) is 0.787. The van der Waals surface area contributed by atoms with Crippen molar-refractivity contribution >= 4 is 168 Å². The summed E-state index contributed by atoms with van der Waals surface area (Å²) in [4.78, 5) is 288. The van der Waals surface area contributed by atoms with E-state index in [-0.39, 0.29) is 149 Å². The van der Waals surface area contributed by atoms with Crippen LogP contribution in [0, 0.1) is 0 Å². The summed E-state index contributed by atoms with van der Waals surface area (Å²) in [6.07, 6.45) is 5.10. The third kappa shape index (κ3) is 49.6. The van der Waals surface area contributed by atoms with E-state index in [2.05, 4.69) is 10.3 Å². The summed E-state index contributed by atoms with van der Waals surface area (Å²) in [5.41, 5.74) is 12.9. The number of hydrogen-bond donors (Lipinski definition) is 37. The Morgan fingerprint density at radius 1 is 0.433 bits per heavy atom. The Bertz CT molecular complexity index is 3980. The number of hydrogen-bond acceptors (Lipinski definition) is 31. The smallest absolute Gasteiger partial charge is 0.777 e. The molecule has 0 saturated heterocycles. The molecule has 2 aromatic rings. The molecule has 8 unspecified atom stereocenters. The Morgan fingerprint density at radius 3 is 0.975 bits per heavy atom. The Kier molecular flexibility index (Phi) is 67.5. The summed E-state index contributed by atoms with van der Waals surface area (Å²) < 4.78 is 166. The second kappa shape index (κ2) is 56.5. The molecule has 0 bridgehead atoms. The molecule has 120 heavy (non-hydrogen) atoms. The number of halogens is 3. The quantitative estimate of drug-likeness (QED) is 0.00808. The van der Waals surface area contributed by atoms with Crippen molar-refractivity contribution in [3.63, 3.8) is 0 Å². The molecule has 0 aliphatic heterocycles. The molecule has 58 nitrogen and oxygen atoms in total. The Labute approximate surface area is 787 Å². The van der Waals surface area contributed by atoms with Gasteiger partial charge in [0.1, 0.15) is 0 Å². The first kappa shape index (κ1) is 143. The second-order valence-corrected chi connectivity index (χ2v) is 59.3. The first-order chi connectivity index (χ1) is 50.6. The van der Waals surface area contributed by atoms with Crippen LogP contribution in [0.2, 0.25) is 5.02 Å². The fraction of sp³-hybridized carbons (Fsp3) is 0.711. The number of pyridine rings is 1. The van der Waals surface area contributed by atoms with Crippen LogP contribution < -0.4 is 160 Å². The van der Waals surface area contributed by atoms with Crippen molar-refractivity contribution in [2.75, 3.05) is 19.6 Å². The van der Waals surface area contributed by atoms with E-state index in [0.29, 0.717) is 60.8 Å². The minimum absolute atomic E-state index is 0. The molecule has 3 rings (SSSR count). The molecule has 0 radical (unpaired) electrons. The maximum absolute atomic E-state index is 11.0. The molecule has 1 aliphatic carbocycles. The van der Waals surface area contributed by atoms with E-state index in [9.17, 15) is 108 Å². The van der Waals surface area contributed by atoms with Gasteiger partial charge in [-0.1, -0.05) is 84.7 Å². The normalized spacial score (nSPS) is 17.6. The third-order valence-electron chi connectivity index (χ3n) is 13.6. The minimum Gasteiger partial charge on any atom is -0.777 e. The number of alkyl halides is 2. The summed E-state index contributed by atoms with van der Waals surface area (Å²) in [6, 6.07) is 8.19. The van der Waals surface area contributed by atoms with Crippen LogP contribution in [0.15, 0.2) is 53.7 Å². The van der Waals surface area contributed by atoms with Crippen molar-refractivity contribution in [2.45, 2.75) is 147 Å². The summed E-state index contributed by atoms with van der Waals surface area (Å²) in [5.74, 6) is 0. The van der Waals surface area contributed by atoms with Gasteiger partial charge in [0, 0.05) is 41.2 Å².